The highest BCUT2D eigenvalue weighted by molar-refractivity contribution is 5.91. The summed E-state index contributed by atoms with van der Waals surface area (Å²) < 4.78 is 4.76. The molecule has 1 heterocycles. The molecule has 2 amide bonds. The van der Waals surface area contributed by atoms with Crippen LogP contribution in [-0.4, -0.2) is 54.5 Å². The lowest BCUT2D eigenvalue weighted by atomic mass is 10.0. The largest absolute Gasteiger partial charge is 0.465 e. The van der Waals surface area contributed by atoms with Gasteiger partial charge in [-0.2, -0.15) is 5.26 Å². The van der Waals surface area contributed by atoms with E-state index in [1.807, 2.05) is 20.0 Å². The van der Waals surface area contributed by atoms with Gasteiger partial charge in [-0.15, -0.1) is 0 Å². The molecule has 1 rings (SSSR count). The Labute approximate surface area is 142 Å². The molecule has 2 atom stereocenters. The van der Waals surface area contributed by atoms with Gasteiger partial charge < -0.3 is 15.4 Å². The van der Waals surface area contributed by atoms with Gasteiger partial charge in [0.2, 0.25) is 11.8 Å². The van der Waals surface area contributed by atoms with Crippen LogP contribution in [0, 0.1) is 17.4 Å². The number of esters is 1. The summed E-state index contributed by atoms with van der Waals surface area (Å²) in [5.41, 5.74) is 0. The van der Waals surface area contributed by atoms with E-state index in [1.54, 1.807) is 6.92 Å². The van der Waals surface area contributed by atoms with Crippen molar-refractivity contribution < 1.29 is 19.1 Å². The summed E-state index contributed by atoms with van der Waals surface area (Å²) in [5, 5.41) is 14.2. The van der Waals surface area contributed by atoms with E-state index in [0.29, 0.717) is 19.4 Å². The van der Waals surface area contributed by atoms with Crippen molar-refractivity contribution in [3.63, 3.8) is 0 Å². The fourth-order valence-corrected chi connectivity index (χ4v) is 2.62. The zero-order valence-corrected chi connectivity index (χ0v) is 14.5. The predicted octanol–water partition coefficient (Wildman–Crippen LogP) is 0.142. The molecule has 1 fully saturated rings. The number of nitriles is 1. The lowest BCUT2D eigenvalue weighted by Gasteiger charge is -2.24. The summed E-state index contributed by atoms with van der Waals surface area (Å²) >= 11 is 0. The molecule has 134 valence electrons. The third-order valence-corrected chi connectivity index (χ3v) is 3.74. The highest BCUT2D eigenvalue weighted by Gasteiger charge is 2.32. The number of hydrogen-bond acceptors (Lipinski definition) is 6. The zero-order valence-electron chi connectivity index (χ0n) is 14.5. The van der Waals surface area contributed by atoms with E-state index in [4.69, 9.17) is 10.00 Å². The van der Waals surface area contributed by atoms with E-state index in [1.165, 1.54) is 4.90 Å². The molecule has 0 spiro atoms. The molecule has 2 N–H and O–H groups in total. The molecule has 0 aromatic carbocycles. The molecule has 0 unspecified atom stereocenters. The predicted molar refractivity (Wildman–Crippen MR) is 86.4 cm³/mol. The molecule has 1 saturated heterocycles. The average Bonchev–Trinajstić information content (AvgIpc) is 3.00. The van der Waals surface area contributed by atoms with Crippen molar-refractivity contribution in [2.45, 2.75) is 52.1 Å². The topological polar surface area (TPSA) is 112 Å². The van der Waals surface area contributed by atoms with Crippen LogP contribution in [0.25, 0.3) is 0 Å². The van der Waals surface area contributed by atoms with Gasteiger partial charge in [0.25, 0.3) is 0 Å². The SMILES string of the molecule is CCOC(=O)CNC(=O)[C@H](CC(C)C)NC(=O)[C@@H]1CCCN1C#N. The van der Waals surface area contributed by atoms with Gasteiger partial charge in [0.1, 0.15) is 18.6 Å². The number of rotatable bonds is 8. The second-order valence-corrected chi connectivity index (χ2v) is 6.16. The first-order valence-electron chi connectivity index (χ1n) is 8.29. The van der Waals surface area contributed by atoms with Crippen molar-refractivity contribution in [2.24, 2.45) is 5.92 Å². The Kier molecular flexibility index (Phi) is 8.02. The molecule has 0 saturated carbocycles. The Morgan fingerprint density at radius 1 is 1.38 bits per heavy atom. The van der Waals surface area contributed by atoms with Crippen molar-refractivity contribution in [3.05, 3.63) is 0 Å². The highest BCUT2D eigenvalue weighted by atomic mass is 16.5. The van der Waals surface area contributed by atoms with Gasteiger partial charge in [0.05, 0.1) is 6.61 Å². The van der Waals surface area contributed by atoms with Crippen molar-refractivity contribution >= 4 is 17.8 Å². The summed E-state index contributed by atoms with van der Waals surface area (Å²) in [4.78, 5) is 37.4. The number of amides is 2. The van der Waals surface area contributed by atoms with Gasteiger partial charge in [-0.1, -0.05) is 13.8 Å². The summed E-state index contributed by atoms with van der Waals surface area (Å²) in [6, 6.07) is -1.27. The van der Waals surface area contributed by atoms with Crippen molar-refractivity contribution in [3.8, 4) is 6.19 Å². The summed E-state index contributed by atoms with van der Waals surface area (Å²) in [5.74, 6) is -1.09. The van der Waals surface area contributed by atoms with E-state index >= 15 is 0 Å². The fourth-order valence-electron chi connectivity index (χ4n) is 2.62. The maximum atomic E-state index is 12.4. The summed E-state index contributed by atoms with van der Waals surface area (Å²) in [6.07, 6.45) is 3.82. The molecule has 0 radical (unpaired) electrons. The van der Waals surface area contributed by atoms with E-state index in [2.05, 4.69) is 10.6 Å². The quantitative estimate of drug-likeness (QED) is 0.481. The lowest BCUT2D eigenvalue weighted by Crippen LogP contribution is -2.52. The van der Waals surface area contributed by atoms with Crippen LogP contribution in [0.15, 0.2) is 0 Å². The first-order valence-corrected chi connectivity index (χ1v) is 8.29. The van der Waals surface area contributed by atoms with Gasteiger partial charge in [-0.3, -0.25) is 19.3 Å². The fraction of sp³-hybridized carbons (Fsp3) is 0.750. The third-order valence-electron chi connectivity index (χ3n) is 3.74. The Hall–Kier alpha value is -2.30. The van der Waals surface area contributed by atoms with Crippen LogP contribution < -0.4 is 10.6 Å². The Bertz CT molecular complexity index is 501. The van der Waals surface area contributed by atoms with Crippen molar-refractivity contribution in [1.29, 1.82) is 5.26 Å². The minimum absolute atomic E-state index is 0.180. The number of carbonyl (C=O) groups excluding carboxylic acids is 3. The van der Waals surface area contributed by atoms with Crippen LogP contribution in [0.5, 0.6) is 0 Å². The van der Waals surface area contributed by atoms with Crippen molar-refractivity contribution in [1.82, 2.24) is 15.5 Å². The number of carbonyl (C=O) groups is 3. The normalized spacial score (nSPS) is 18.0. The smallest absolute Gasteiger partial charge is 0.325 e. The van der Waals surface area contributed by atoms with Crippen LogP contribution in [0.1, 0.15) is 40.0 Å². The molecule has 8 heteroatoms. The summed E-state index contributed by atoms with van der Waals surface area (Å²) in [6.45, 7) is 6.13. The molecule has 0 bridgehead atoms. The average molecular weight is 338 g/mol. The minimum atomic E-state index is -0.743. The Morgan fingerprint density at radius 2 is 2.08 bits per heavy atom. The monoisotopic (exact) mass is 338 g/mol. The summed E-state index contributed by atoms with van der Waals surface area (Å²) in [7, 11) is 0. The van der Waals surface area contributed by atoms with Crippen LogP contribution in [0.3, 0.4) is 0 Å². The number of nitrogens with zero attached hydrogens (tertiary/aromatic N) is 2. The maximum absolute atomic E-state index is 12.4. The molecular weight excluding hydrogens is 312 g/mol. The van der Waals surface area contributed by atoms with E-state index in [0.717, 1.165) is 6.42 Å². The minimum Gasteiger partial charge on any atom is -0.465 e. The molecule has 1 aliphatic heterocycles. The molecule has 1 aliphatic rings. The van der Waals surface area contributed by atoms with Gasteiger partial charge in [-0.25, -0.2) is 0 Å². The van der Waals surface area contributed by atoms with Crippen LogP contribution in [0.4, 0.5) is 0 Å². The molecular formula is C16H26N4O4. The van der Waals surface area contributed by atoms with E-state index < -0.39 is 24.0 Å². The lowest BCUT2D eigenvalue weighted by molar-refractivity contribution is -0.143. The molecule has 0 aromatic heterocycles. The Balaban J connectivity index is 2.64. The van der Waals surface area contributed by atoms with E-state index in [-0.39, 0.29) is 25.0 Å². The second-order valence-electron chi connectivity index (χ2n) is 6.16. The number of ether oxygens (including phenoxy) is 1. The molecule has 24 heavy (non-hydrogen) atoms. The number of hydrogen-bond donors (Lipinski definition) is 2. The van der Waals surface area contributed by atoms with Gasteiger partial charge >= 0.3 is 5.97 Å². The number of nitrogens with one attached hydrogen (secondary N) is 2. The van der Waals surface area contributed by atoms with Crippen molar-refractivity contribution in [2.75, 3.05) is 19.7 Å². The maximum Gasteiger partial charge on any atom is 0.325 e. The molecule has 0 aromatic rings. The standard InChI is InChI=1S/C16H26N4O4/c1-4-24-14(21)9-18-15(22)12(8-11(2)3)19-16(23)13-6-5-7-20(13)10-17/h11-13H,4-9H2,1-3H3,(H,18,22)(H,19,23)/t12-,13-/m0/s1. The highest BCUT2D eigenvalue weighted by Crippen LogP contribution is 2.16. The van der Waals surface area contributed by atoms with E-state index in [9.17, 15) is 14.4 Å². The molecule has 8 nitrogen and oxygen atoms in total. The molecule has 0 aliphatic carbocycles. The van der Waals surface area contributed by atoms with Crippen LogP contribution >= 0.6 is 0 Å². The first-order chi connectivity index (χ1) is 11.4. The van der Waals surface area contributed by atoms with Crippen LogP contribution in [-0.2, 0) is 19.1 Å². The number of likely N-dealkylation sites (tertiary alicyclic amines) is 1. The Morgan fingerprint density at radius 3 is 2.67 bits per heavy atom. The second kappa shape index (κ2) is 9.75. The van der Waals surface area contributed by atoms with Gasteiger partial charge in [-0.05, 0) is 32.1 Å². The van der Waals surface area contributed by atoms with Gasteiger partial charge in [0.15, 0.2) is 6.19 Å². The zero-order chi connectivity index (χ0) is 18.1. The first kappa shape index (κ1) is 19.7. The third kappa shape index (κ3) is 6.07. The van der Waals surface area contributed by atoms with Crippen LogP contribution in [0.2, 0.25) is 0 Å². The van der Waals surface area contributed by atoms with Gasteiger partial charge in [0, 0.05) is 6.54 Å².